The zero-order chi connectivity index (χ0) is 12.8. The highest BCUT2D eigenvalue weighted by Crippen LogP contribution is 2.12. The number of rotatable bonds is 5. The molecule has 0 aliphatic rings. The first-order valence-corrected chi connectivity index (χ1v) is 5.63. The number of benzene rings is 1. The van der Waals surface area contributed by atoms with Gasteiger partial charge in [-0.3, -0.25) is 4.79 Å². The van der Waals surface area contributed by atoms with Gasteiger partial charge in [0.15, 0.2) is 6.61 Å². The predicted molar refractivity (Wildman–Crippen MR) is 65.8 cm³/mol. The molecule has 17 heavy (non-hydrogen) atoms. The molecule has 94 valence electrons. The zero-order valence-corrected chi connectivity index (χ0v) is 10.5. The third kappa shape index (κ3) is 4.07. The number of carbonyl (C=O) groups excluding carboxylic acids is 1. The predicted octanol–water partition coefficient (Wildman–Crippen LogP) is 1.42. The Balaban J connectivity index is 2.47. The Hall–Kier alpha value is -1.55. The lowest BCUT2D eigenvalue weighted by Gasteiger charge is -2.21. The Labute approximate surface area is 102 Å². The molecule has 0 aromatic heterocycles. The highest BCUT2D eigenvalue weighted by molar-refractivity contribution is 5.77. The normalized spacial score (nSPS) is 10.4. The summed E-state index contributed by atoms with van der Waals surface area (Å²) in [5, 5.41) is 8.88. The highest BCUT2D eigenvalue weighted by Gasteiger charge is 2.12. The Bertz CT molecular complexity index is 359. The minimum atomic E-state index is -0.0498. The van der Waals surface area contributed by atoms with Crippen molar-refractivity contribution in [3.8, 4) is 5.75 Å². The van der Waals surface area contributed by atoms with Gasteiger partial charge >= 0.3 is 0 Å². The van der Waals surface area contributed by atoms with Crippen molar-refractivity contribution < 1.29 is 14.6 Å². The summed E-state index contributed by atoms with van der Waals surface area (Å²) in [6.45, 7) is 3.95. The van der Waals surface area contributed by atoms with Crippen LogP contribution in [-0.4, -0.2) is 35.6 Å². The van der Waals surface area contributed by atoms with Crippen LogP contribution in [0.1, 0.15) is 19.4 Å². The van der Waals surface area contributed by atoms with Crippen molar-refractivity contribution in [1.29, 1.82) is 0 Å². The maximum atomic E-state index is 11.6. The summed E-state index contributed by atoms with van der Waals surface area (Å²) in [5.41, 5.74) is 0.822. The Morgan fingerprint density at radius 1 is 1.35 bits per heavy atom. The largest absolute Gasteiger partial charge is 0.484 e. The molecular formula is C13H19NO3. The molecule has 0 atom stereocenters. The molecule has 0 fully saturated rings. The molecular weight excluding hydrogens is 218 g/mol. The minimum absolute atomic E-state index is 0.00922. The maximum absolute atomic E-state index is 11.6. The van der Waals surface area contributed by atoms with Gasteiger partial charge < -0.3 is 14.7 Å². The van der Waals surface area contributed by atoms with Crippen molar-refractivity contribution >= 4 is 5.91 Å². The van der Waals surface area contributed by atoms with Crippen molar-refractivity contribution in [1.82, 2.24) is 4.90 Å². The SMILES string of the molecule is CC(C)N(C)C(=O)COc1ccc(CO)cc1. The van der Waals surface area contributed by atoms with Crippen molar-refractivity contribution in [3.05, 3.63) is 29.8 Å². The van der Waals surface area contributed by atoms with Gasteiger partial charge in [-0.2, -0.15) is 0 Å². The van der Waals surface area contributed by atoms with E-state index >= 15 is 0 Å². The smallest absolute Gasteiger partial charge is 0.260 e. The summed E-state index contributed by atoms with van der Waals surface area (Å²) in [5.74, 6) is 0.582. The van der Waals surface area contributed by atoms with E-state index in [4.69, 9.17) is 9.84 Å². The molecule has 1 aromatic rings. The van der Waals surface area contributed by atoms with E-state index in [9.17, 15) is 4.79 Å². The minimum Gasteiger partial charge on any atom is -0.484 e. The van der Waals surface area contributed by atoms with Gasteiger partial charge in [-0.05, 0) is 31.5 Å². The van der Waals surface area contributed by atoms with Gasteiger partial charge in [-0.15, -0.1) is 0 Å². The van der Waals surface area contributed by atoms with E-state index in [-0.39, 0.29) is 25.2 Å². The Kier molecular flexibility index (Phi) is 4.97. The van der Waals surface area contributed by atoms with Gasteiger partial charge in [0.2, 0.25) is 0 Å². The molecule has 0 radical (unpaired) electrons. The average molecular weight is 237 g/mol. The molecule has 0 bridgehead atoms. The number of carbonyl (C=O) groups is 1. The fourth-order valence-corrected chi connectivity index (χ4v) is 1.23. The number of hydrogen-bond acceptors (Lipinski definition) is 3. The van der Waals surface area contributed by atoms with Crippen LogP contribution in [0.5, 0.6) is 5.75 Å². The van der Waals surface area contributed by atoms with Crippen LogP contribution in [0.4, 0.5) is 0 Å². The lowest BCUT2D eigenvalue weighted by Crippen LogP contribution is -2.36. The fourth-order valence-electron chi connectivity index (χ4n) is 1.23. The van der Waals surface area contributed by atoms with Crippen LogP contribution >= 0.6 is 0 Å². The summed E-state index contributed by atoms with van der Waals surface area (Å²) in [4.78, 5) is 13.3. The van der Waals surface area contributed by atoms with Gasteiger partial charge in [0.25, 0.3) is 5.91 Å². The Morgan fingerprint density at radius 3 is 2.41 bits per heavy atom. The van der Waals surface area contributed by atoms with E-state index in [0.717, 1.165) is 5.56 Å². The second kappa shape index (κ2) is 6.25. The zero-order valence-electron chi connectivity index (χ0n) is 10.5. The van der Waals surface area contributed by atoms with Crippen LogP contribution in [0.15, 0.2) is 24.3 Å². The third-order valence-electron chi connectivity index (χ3n) is 2.64. The van der Waals surface area contributed by atoms with Crippen LogP contribution in [-0.2, 0) is 11.4 Å². The number of likely N-dealkylation sites (N-methyl/N-ethyl adjacent to an activating group) is 1. The summed E-state index contributed by atoms with van der Waals surface area (Å²) < 4.78 is 5.37. The van der Waals surface area contributed by atoms with Crippen LogP contribution < -0.4 is 4.74 Å². The topological polar surface area (TPSA) is 49.8 Å². The number of ether oxygens (including phenoxy) is 1. The van der Waals surface area contributed by atoms with E-state index in [0.29, 0.717) is 5.75 Å². The standard InChI is InChI=1S/C13H19NO3/c1-10(2)14(3)13(16)9-17-12-6-4-11(8-15)5-7-12/h4-7,10,15H,8-9H2,1-3H3. The first-order chi connectivity index (χ1) is 8.04. The van der Waals surface area contributed by atoms with Crippen LogP contribution in [0.2, 0.25) is 0 Å². The van der Waals surface area contributed by atoms with Gasteiger partial charge in [-0.25, -0.2) is 0 Å². The molecule has 1 rings (SSSR count). The van der Waals surface area contributed by atoms with E-state index in [2.05, 4.69) is 0 Å². The van der Waals surface area contributed by atoms with Gasteiger partial charge in [-0.1, -0.05) is 12.1 Å². The highest BCUT2D eigenvalue weighted by atomic mass is 16.5. The summed E-state index contributed by atoms with van der Waals surface area (Å²) in [6, 6.07) is 7.20. The molecule has 0 aliphatic carbocycles. The lowest BCUT2D eigenvalue weighted by atomic mass is 10.2. The second-order valence-corrected chi connectivity index (χ2v) is 4.19. The van der Waals surface area contributed by atoms with E-state index in [1.807, 2.05) is 13.8 Å². The number of amides is 1. The van der Waals surface area contributed by atoms with Crippen molar-refractivity contribution in [2.24, 2.45) is 0 Å². The molecule has 0 saturated carbocycles. The number of nitrogens with zero attached hydrogens (tertiary/aromatic N) is 1. The van der Waals surface area contributed by atoms with Crippen LogP contribution in [0, 0.1) is 0 Å². The summed E-state index contributed by atoms with van der Waals surface area (Å²) in [7, 11) is 1.76. The molecule has 0 saturated heterocycles. The molecule has 1 N–H and O–H groups in total. The van der Waals surface area contributed by atoms with Crippen molar-refractivity contribution in [2.75, 3.05) is 13.7 Å². The summed E-state index contributed by atoms with van der Waals surface area (Å²) in [6.07, 6.45) is 0. The number of aliphatic hydroxyl groups excluding tert-OH is 1. The molecule has 0 spiro atoms. The molecule has 4 nitrogen and oxygen atoms in total. The summed E-state index contributed by atoms with van der Waals surface area (Å²) >= 11 is 0. The van der Waals surface area contributed by atoms with E-state index < -0.39 is 0 Å². The quantitative estimate of drug-likeness (QED) is 0.842. The molecule has 4 heteroatoms. The molecule has 1 aromatic carbocycles. The molecule has 1 amide bonds. The number of hydrogen-bond donors (Lipinski definition) is 1. The van der Waals surface area contributed by atoms with Gasteiger partial charge in [0.1, 0.15) is 5.75 Å². The van der Waals surface area contributed by atoms with Crippen LogP contribution in [0.3, 0.4) is 0 Å². The van der Waals surface area contributed by atoms with Crippen molar-refractivity contribution in [2.45, 2.75) is 26.5 Å². The van der Waals surface area contributed by atoms with E-state index in [1.54, 1.807) is 36.2 Å². The fraction of sp³-hybridized carbons (Fsp3) is 0.462. The average Bonchev–Trinajstić information content (AvgIpc) is 2.35. The first kappa shape index (κ1) is 13.5. The monoisotopic (exact) mass is 237 g/mol. The molecule has 0 unspecified atom stereocenters. The third-order valence-corrected chi connectivity index (χ3v) is 2.64. The van der Waals surface area contributed by atoms with Gasteiger partial charge in [0.05, 0.1) is 6.61 Å². The van der Waals surface area contributed by atoms with E-state index in [1.165, 1.54) is 0 Å². The molecule has 0 aliphatic heterocycles. The number of aliphatic hydroxyl groups is 1. The van der Waals surface area contributed by atoms with Crippen LogP contribution in [0.25, 0.3) is 0 Å². The first-order valence-electron chi connectivity index (χ1n) is 5.63. The second-order valence-electron chi connectivity index (χ2n) is 4.19. The lowest BCUT2D eigenvalue weighted by molar-refractivity contribution is -0.133. The molecule has 0 heterocycles. The van der Waals surface area contributed by atoms with Gasteiger partial charge in [0, 0.05) is 13.1 Å². The maximum Gasteiger partial charge on any atom is 0.260 e. The Morgan fingerprint density at radius 2 is 1.94 bits per heavy atom. The van der Waals surface area contributed by atoms with Crippen molar-refractivity contribution in [3.63, 3.8) is 0 Å².